The van der Waals surface area contributed by atoms with Crippen LogP contribution in [0.5, 0.6) is 0 Å². The molecule has 1 N–H and O–H groups in total. The Morgan fingerprint density at radius 3 is 2.75 bits per heavy atom. The molecule has 0 saturated carbocycles. The van der Waals surface area contributed by atoms with Crippen LogP contribution in [-0.2, 0) is 6.42 Å². The lowest BCUT2D eigenvalue weighted by Crippen LogP contribution is -2.24. The minimum Gasteiger partial charge on any atom is -0.316 e. The molecule has 16 heavy (non-hydrogen) atoms. The van der Waals surface area contributed by atoms with Crippen LogP contribution in [0.4, 0.5) is 0 Å². The van der Waals surface area contributed by atoms with E-state index in [0.717, 1.165) is 19.0 Å². The fourth-order valence-electron chi connectivity index (χ4n) is 1.91. The summed E-state index contributed by atoms with van der Waals surface area (Å²) in [6.45, 7) is 6.81. The molecule has 1 rings (SSSR count). The van der Waals surface area contributed by atoms with Crippen LogP contribution < -0.4 is 5.32 Å². The molecule has 3 heteroatoms. The predicted octanol–water partition coefficient (Wildman–Crippen LogP) is 4.47. The van der Waals surface area contributed by atoms with Gasteiger partial charge >= 0.3 is 0 Å². The van der Waals surface area contributed by atoms with Gasteiger partial charge in [-0.3, -0.25) is 0 Å². The van der Waals surface area contributed by atoms with Crippen LogP contribution in [0.2, 0.25) is 0 Å². The monoisotopic (exact) mass is 303 g/mol. The molecule has 92 valence electrons. The van der Waals surface area contributed by atoms with Gasteiger partial charge in [0.1, 0.15) is 0 Å². The third kappa shape index (κ3) is 5.46. The Morgan fingerprint density at radius 1 is 1.38 bits per heavy atom. The Hall–Kier alpha value is 0.140. The highest BCUT2D eigenvalue weighted by molar-refractivity contribution is 9.10. The first-order chi connectivity index (χ1) is 7.76. The fourth-order valence-corrected chi connectivity index (χ4v) is 3.48. The first kappa shape index (κ1) is 14.2. The van der Waals surface area contributed by atoms with Gasteiger partial charge in [0.25, 0.3) is 0 Å². The first-order valence-corrected chi connectivity index (χ1v) is 7.87. The van der Waals surface area contributed by atoms with Crippen molar-refractivity contribution in [1.82, 2.24) is 5.32 Å². The third-order valence-corrected chi connectivity index (χ3v) is 4.39. The molecule has 0 aliphatic carbocycles. The van der Waals surface area contributed by atoms with Gasteiger partial charge in [-0.05, 0) is 60.3 Å². The lowest BCUT2D eigenvalue weighted by Gasteiger charge is -2.15. The van der Waals surface area contributed by atoms with E-state index in [2.05, 4.69) is 46.5 Å². The van der Waals surface area contributed by atoms with E-state index in [4.69, 9.17) is 0 Å². The summed E-state index contributed by atoms with van der Waals surface area (Å²) in [6.07, 6.45) is 5.06. The average Bonchev–Trinajstić information content (AvgIpc) is 2.65. The van der Waals surface area contributed by atoms with Gasteiger partial charge in [0.2, 0.25) is 0 Å². The molecular weight excluding hydrogens is 282 g/mol. The van der Waals surface area contributed by atoms with Gasteiger partial charge in [-0.2, -0.15) is 0 Å². The van der Waals surface area contributed by atoms with Crippen LogP contribution in [0, 0.1) is 5.92 Å². The van der Waals surface area contributed by atoms with E-state index in [1.54, 1.807) is 0 Å². The first-order valence-electron chi connectivity index (χ1n) is 6.19. The number of hydrogen-bond donors (Lipinski definition) is 1. The van der Waals surface area contributed by atoms with Crippen molar-refractivity contribution in [2.45, 2.75) is 39.5 Å². The highest BCUT2D eigenvalue weighted by Gasteiger charge is 2.09. The molecule has 1 nitrogen and oxygen atoms in total. The molecule has 0 spiro atoms. The topological polar surface area (TPSA) is 12.0 Å². The summed E-state index contributed by atoms with van der Waals surface area (Å²) in [6, 6.07) is 2.26. The van der Waals surface area contributed by atoms with E-state index in [9.17, 15) is 0 Å². The van der Waals surface area contributed by atoms with Crippen LogP contribution in [0.1, 0.15) is 38.0 Å². The highest BCUT2D eigenvalue weighted by atomic mass is 79.9. The second kappa shape index (κ2) is 8.26. The maximum Gasteiger partial charge on any atom is 0.0285 e. The largest absolute Gasteiger partial charge is 0.316 e. The van der Waals surface area contributed by atoms with E-state index in [0.29, 0.717) is 0 Å². The molecule has 1 unspecified atom stereocenters. The van der Waals surface area contributed by atoms with Crippen LogP contribution in [0.15, 0.2) is 15.9 Å². The summed E-state index contributed by atoms with van der Waals surface area (Å²) in [5, 5.41) is 5.72. The van der Waals surface area contributed by atoms with Crippen molar-refractivity contribution in [3.8, 4) is 0 Å². The van der Waals surface area contributed by atoms with E-state index in [1.807, 2.05) is 11.3 Å². The minimum atomic E-state index is 0.794. The van der Waals surface area contributed by atoms with Gasteiger partial charge in [0.15, 0.2) is 0 Å². The van der Waals surface area contributed by atoms with E-state index < -0.39 is 0 Å². The molecular formula is C13H22BrNS. The summed E-state index contributed by atoms with van der Waals surface area (Å²) in [5.41, 5.74) is 0. The van der Waals surface area contributed by atoms with Gasteiger partial charge in [0, 0.05) is 14.7 Å². The molecule has 0 fully saturated rings. The summed E-state index contributed by atoms with van der Waals surface area (Å²) >= 11 is 5.39. The van der Waals surface area contributed by atoms with E-state index in [-0.39, 0.29) is 0 Å². The minimum absolute atomic E-state index is 0.794. The quantitative estimate of drug-likeness (QED) is 0.699. The zero-order valence-corrected chi connectivity index (χ0v) is 12.7. The van der Waals surface area contributed by atoms with Gasteiger partial charge in [-0.25, -0.2) is 0 Å². The van der Waals surface area contributed by atoms with E-state index >= 15 is 0 Å². The van der Waals surface area contributed by atoms with E-state index in [1.165, 1.54) is 35.0 Å². The van der Waals surface area contributed by atoms with Crippen molar-refractivity contribution in [2.75, 3.05) is 13.1 Å². The normalized spacial score (nSPS) is 12.9. The molecule has 0 aliphatic heterocycles. The van der Waals surface area contributed by atoms with Crippen molar-refractivity contribution < 1.29 is 0 Å². The van der Waals surface area contributed by atoms with Gasteiger partial charge < -0.3 is 5.32 Å². The second-order valence-electron chi connectivity index (χ2n) is 4.29. The molecule has 1 aromatic heterocycles. The Morgan fingerprint density at radius 2 is 2.19 bits per heavy atom. The Kier molecular flexibility index (Phi) is 7.33. The molecule has 0 bridgehead atoms. The van der Waals surface area contributed by atoms with Crippen LogP contribution in [0.25, 0.3) is 0 Å². The highest BCUT2D eigenvalue weighted by Crippen LogP contribution is 2.23. The van der Waals surface area contributed by atoms with Gasteiger partial charge in [-0.1, -0.05) is 20.3 Å². The molecule has 1 aromatic rings. The number of nitrogens with one attached hydrogen (secondary N) is 1. The van der Waals surface area contributed by atoms with Crippen LogP contribution in [0.3, 0.4) is 0 Å². The lowest BCUT2D eigenvalue weighted by atomic mass is 9.99. The molecule has 0 saturated heterocycles. The van der Waals surface area contributed by atoms with Crippen LogP contribution in [-0.4, -0.2) is 13.1 Å². The van der Waals surface area contributed by atoms with Crippen molar-refractivity contribution in [3.63, 3.8) is 0 Å². The summed E-state index contributed by atoms with van der Waals surface area (Å²) < 4.78 is 1.23. The second-order valence-corrected chi connectivity index (χ2v) is 6.21. The maximum atomic E-state index is 3.54. The smallest absolute Gasteiger partial charge is 0.0285 e. The summed E-state index contributed by atoms with van der Waals surface area (Å²) in [4.78, 5) is 1.50. The zero-order valence-electron chi connectivity index (χ0n) is 10.3. The van der Waals surface area contributed by atoms with Crippen molar-refractivity contribution >= 4 is 27.3 Å². The van der Waals surface area contributed by atoms with Crippen molar-refractivity contribution in [1.29, 1.82) is 0 Å². The fraction of sp³-hybridized carbons (Fsp3) is 0.692. The molecule has 1 heterocycles. The number of thiophene rings is 1. The SMILES string of the molecule is CCCNCC(CCC)Cc1cc(Br)cs1. The molecule has 0 amide bonds. The third-order valence-electron chi connectivity index (χ3n) is 2.67. The van der Waals surface area contributed by atoms with Crippen molar-refractivity contribution in [3.05, 3.63) is 20.8 Å². The average molecular weight is 304 g/mol. The zero-order chi connectivity index (χ0) is 11.8. The molecule has 0 aliphatic rings. The standard InChI is InChI=1S/C13H22BrNS/c1-3-5-11(9-15-6-4-2)7-13-8-12(14)10-16-13/h8,10-11,15H,3-7,9H2,1-2H3. The molecule has 0 radical (unpaired) electrons. The van der Waals surface area contributed by atoms with Crippen LogP contribution >= 0.6 is 27.3 Å². The predicted molar refractivity (Wildman–Crippen MR) is 77.3 cm³/mol. The Labute approximate surface area is 112 Å². The maximum absolute atomic E-state index is 3.54. The summed E-state index contributed by atoms with van der Waals surface area (Å²) in [5.74, 6) is 0.794. The van der Waals surface area contributed by atoms with Crippen molar-refractivity contribution in [2.24, 2.45) is 5.92 Å². The Balaban J connectivity index is 2.37. The molecule has 0 aromatic carbocycles. The van der Waals surface area contributed by atoms with Gasteiger partial charge in [-0.15, -0.1) is 11.3 Å². The lowest BCUT2D eigenvalue weighted by molar-refractivity contribution is 0.441. The van der Waals surface area contributed by atoms with Gasteiger partial charge in [0.05, 0.1) is 0 Å². The Bertz CT molecular complexity index is 285. The molecule has 1 atom stereocenters. The number of halogens is 1. The number of rotatable bonds is 8. The number of hydrogen-bond acceptors (Lipinski definition) is 2. The summed E-state index contributed by atoms with van der Waals surface area (Å²) in [7, 11) is 0.